The monoisotopic (exact) mass is 261 g/mol. The lowest BCUT2D eigenvalue weighted by Crippen LogP contribution is -2.42. The number of rotatable bonds is 3. The first-order valence-corrected chi connectivity index (χ1v) is 6.36. The van der Waals surface area contributed by atoms with E-state index in [9.17, 15) is 9.59 Å². The van der Waals surface area contributed by atoms with Gasteiger partial charge in [0.15, 0.2) is 0 Å². The number of benzene rings is 1. The quantitative estimate of drug-likeness (QED) is 0.803. The summed E-state index contributed by atoms with van der Waals surface area (Å²) in [5.74, 6) is 0.0670. The highest BCUT2D eigenvalue weighted by atomic mass is 16.2. The van der Waals surface area contributed by atoms with E-state index in [-0.39, 0.29) is 17.7 Å². The summed E-state index contributed by atoms with van der Waals surface area (Å²) in [6, 6.07) is 7.23. The highest BCUT2D eigenvalue weighted by Gasteiger charge is 2.39. The molecule has 1 aliphatic rings. The van der Waals surface area contributed by atoms with Gasteiger partial charge in [0.2, 0.25) is 5.91 Å². The molecule has 0 unspecified atom stereocenters. The van der Waals surface area contributed by atoms with Crippen LogP contribution in [-0.2, 0) is 4.79 Å². The van der Waals surface area contributed by atoms with E-state index < -0.39 is 0 Å². The second kappa shape index (κ2) is 5.30. The average molecular weight is 261 g/mol. The maximum atomic E-state index is 11.9. The lowest BCUT2D eigenvalue weighted by atomic mass is 10.2. The summed E-state index contributed by atoms with van der Waals surface area (Å²) in [6.07, 6.45) is 0.901. The molecule has 102 valence electrons. The summed E-state index contributed by atoms with van der Waals surface area (Å²) in [7, 11) is 3.82. The van der Waals surface area contributed by atoms with Crippen LogP contribution in [0.15, 0.2) is 24.3 Å². The third-order valence-corrected chi connectivity index (χ3v) is 3.37. The molecular formula is C14H19N3O2. The molecule has 19 heavy (non-hydrogen) atoms. The fourth-order valence-electron chi connectivity index (χ4n) is 1.90. The molecule has 5 nitrogen and oxygen atoms in total. The molecule has 2 N–H and O–H groups in total. The van der Waals surface area contributed by atoms with Gasteiger partial charge in [-0.3, -0.25) is 20.4 Å². The van der Waals surface area contributed by atoms with Crippen molar-refractivity contribution in [1.29, 1.82) is 0 Å². The van der Waals surface area contributed by atoms with Gasteiger partial charge in [-0.1, -0.05) is 13.0 Å². The fourth-order valence-corrected chi connectivity index (χ4v) is 1.90. The van der Waals surface area contributed by atoms with E-state index in [0.29, 0.717) is 11.5 Å². The third kappa shape index (κ3) is 3.24. The number of hydrogen-bond donors (Lipinski definition) is 2. The Bertz CT molecular complexity index is 499. The van der Waals surface area contributed by atoms with Crippen LogP contribution in [-0.4, -0.2) is 25.9 Å². The summed E-state index contributed by atoms with van der Waals surface area (Å²) in [6.45, 7) is 2.02. The number of carbonyl (C=O) groups is 2. The Kier molecular flexibility index (Phi) is 3.74. The van der Waals surface area contributed by atoms with Crippen molar-refractivity contribution in [2.75, 3.05) is 19.0 Å². The second-order valence-corrected chi connectivity index (χ2v) is 5.21. The van der Waals surface area contributed by atoms with Gasteiger partial charge in [0, 0.05) is 31.3 Å². The van der Waals surface area contributed by atoms with Crippen LogP contribution in [0.2, 0.25) is 0 Å². The number of hydrogen-bond acceptors (Lipinski definition) is 3. The molecule has 1 aliphatic carbocycles. The van der Waals surface area contributed by atoms with Crippen molar-refractivity contribution < 1.29 is 9.59 Å². The Hall–Kier alpha value is -2.04. The molecule has 1 aromatic rings. The van der Waals surface area contributed by atoms with Crippen LogP contribution in [0.25, 0.3) is 0 Å². The highest BCUT2D eigenvalue weighted by Crippen LogP contribution is 2.37. The number of nitrogens with one attached hydrogen (secondary N) is 2. The molecule has 5 heteroatoms. The van der Waals surface area contributed by atoms with Crippen LogP contribution in [0.3, 0.4) is 0 Å². The fraction of sp³-hybridized carbons (Fsp3) is 0.429. The summed E-state index contributed by atoms with van der Waals surface area (Å²) < 4.78 is 0. The van der Waals surface area contributed by atoms with E-state index in [1.165, 1.54) is 0 Å². The molecule has 1 saturated carbocycles. The van der Waals surface area contributed by atoms with Crippen molar-refractivity contribution in [1.82, 2.24) is 10.9 Å². The van der Waals surface area contributed by atoms with E-state index >= 15 is 0 Å². The molecule has 1 fully saturated rings. The van der Waals surface area contributed by atoms with Crippen molar-refractivity contribution in [3.8, 4) is 0 Å². The molecule has 0 saturated heterocycles. The van der Waals surface area contributed by atoms with Gasteiger partial charge in [0.1, 0.15) is 0 Å². The SMILES string of the molecule is C[C@@H]1C[C@@H]1C(=O)NNC(=O)c1cccc(N(C)C)c1. The topological polar surface area (TPSA) is 61.4 Å². The lowest BCUT2D eigenvalue weighted by Gasteiger charge is -2.13. The van der Waals surface area contributed by atoms with Crippen LogP contribution < -0.4 is 15.8 Å². The zero-order chi connectivity index (χ0) is 14.0. The van der Waals surface area contributed by atoms with Crippen LogP contribution in [0, 0.1) is 11.8 Å². The number of amides is 2. The highest BCUT2D eigenvalue weighted by molar-refractivity contribution is 5.96. The number of anilines is 1. The summed E-state index contributed by atoms with van der Waals surface area (Å²) in [5, 5.41) is 0. The molecule has 0 spiro atoms. The third-order valence-electron chi connectivity index (χ3n) is 3.37. The Morgan fingerprint density at radius 2 is 1.95 bits per heavy atom. The Balaban J connectivity index is 1.92. The maximum absolute atomic E-state index is 11.9. The molecule has 1 aromatic carbocycles. The van der Waals surface area contributed by atoms with Crippen molar-refractivity contribution in [3.63, 3.8) is 0 Å². The van der Waals surface area contributed by atoms with Crippen molar-refractivity contribution >= 4 is 17.5 Å². The minimum atomic E-state index is -0.301. The molecular weight excluding hydrogens is 242 g/mol. The summed E-state index contributed by atoms with van der Waals surface area (Å²) in [4.78, 5) is 25.4. The number of hydrazine groups is 1. The van der Waals surface area contributed by atoms with Gasteiger partial charge in [-0.05, 0) is 30.5 Å². The predicted octanol–water partition coefficient (Wildman–Crippen LogP) is 1.17. The molecule has 0 aromatic heterocycles. The minimum Gasteiger partial charge on any atom is -0.378 e. The molecule has 0 bridgehead atoms. The Morgan fingerprint density at radius 3 is 2.53 bits per heavy atom. The zero-order valence-corrected chi connectivity index (χ0v) is 11.4. The number of nitrogens with zero attached hydrogens (tertiary/aromatic N) is 1. The van der Waals surface area contributed by atoms with E-state index in [4.69, 9.17) is 0 Å². The Labute approximate surface area is 112 Å². The molecule has 0 radical (unpaired) electrons. The number of carbonyl (C=O) groups excluding carboxylic acids is 2. The first kappa shape index (κ1) is 13.4. The van der Waals surface area contributed by atoms with E-state index in [0.717, 1.165) is 12.1 Å². The molecule has 2 rings (SSSR count). The summed E-state index contributed by atoms with van der Waals surface area (Å²) >= 11 is 0. The van der Waals surface area contributed by atoms with Gasteiger partial charge in [-0.2, -0.15) is 0 Å². The van der Waals surface area contributed by atoms with Crippen LogP contribution >= 0.6 is 0 Å². The van der Waals surface area contributed by atoms with Gasteiger partial charge >= 0.3 is 0 Å². The van der Waals surface area contributed by atoms with Crippen molar-refractivity contribution in [3.05, 3.63) is 29.8 Å². The second-order valence-electron chi connectivity index (χ2n) is 5.21. The zero-order valence-electron chi connectivity index (χ0n) is 11.4. The van der Waals surface area contributed by atoms with E-state index in [1.807, 2.05) is 38.1 Å². The van der Waals surface area contributed by atoms with Crippen molar-refractivity contribution in [2.45, 2.75) is 13.3 Å². The van der Waals surface area contributed by atoms with Gasteiger partial charge in [0.25, 0.3) is 5.91 Å². The molecule has 2 atom stereocenters. The minimum absolute atomic E-state index is 0.0495. The molecule has 0 heterocycles. The average Bonchev–Trinajstić information content (AvgIpc) is 3.13. The maximum Gasteiger partial charge on any atom is 0.269 e. The largest absolute Gasteiger partial charge is 0.378 e. The summed E-state index contributed by atoms with van der Waals surface area (Å²) in [5.41, 5.74) is 6.38. The smallest absolute Gasteiger partial charge is 0.269 e. The van der Waals surface area contributed by atoms with Gasteiger partial charge in [-0.15, -0.1) is 0 Å². The molecule has 0 aliphatic heterocycles. The Morgan fingerprint density at radius 1 is 1.26 bits per heavy atom. The van der Waals surface area contributed by atoms with Crippen molar-refractivity contribution in [2.24, 2.45) is 11.8 Å². The first-order valence-electron chi connectivity index (χ1n) is 6.36. The normalized spacial score (nSPS) is 20.6. The predicted molar refractivity (Wildman–Crippen MR) is 73.6 cm³/mol. The lowest BCUT2D eigenvalue weighted by molar-refractivity contribution is -0.123. The first-order chi connectivity index (χ1) is 8.99. The van der Waals surface area contributed by atoms with Gasteiger partial charge < -0.3 is 4.90 Å². The van der Waals surface area contributed by atoms with Crippen LogP contribution in [0.4, 0.5) is 5.69 Å². The van der Waals surface area contributed by atoms with Gasteiger partial charge in [-0.25, -0.2) is 0 Å². The van der Waals surface area contributed by atoms with E-state index in [2.05, 4.69) is 10.9 Å². The van der Waals surface area contributed by atoms with Gasteiger partial charge in [0.05, 0.1) is 0 Å². The van der Waals surface area contributed by atoms with E-state index in [1.54, 1.807) is 12.1 Å². The molecule has 2 amide bonds. The van der Waals surface area contributed by atoms with Crippen LogP contribution in [0.5, 0.6) is 0 Å². The van der Waals surface area contributed by atoms with Crippen LogP contribution in [0.1, 0.15) is 23.7 Å². The standard InChI is InChI=1S/C14H19N3O2/c1-9-7-12(9)14(19)16-15-13(18)10-5-4-6-11(8-10)17(2)3/h4-6,8-9,12H,7H2,1-3H3,(H,15,18)(H,16,19)/t9-,12+/m1/s1.